The van der Waals surface area contributed by atoms with Gasteiger partial charge in [0.2, 0.25) is 0 Å². The highest BCUT2D eigenvalue weighted by Crippen LogP contribution is 2.30. The molecule has 2 heterocycles. The zero-order valence-corrected chi connectivity index (χ0v) is 11.0. The van der Waals surface area contributed by atoms with Gasteiger partial charge in [0.15, 0.2) is 0 Å². The summed E-state index contributed by atoms with van der Waals surface area (Å²) in [5, 5.41) is 3.43. The highest BCUT2D eigenvalue weighted by molar-refractivity contribution is 7.17. The molecule has 0 radical (unpaired) electrons. The van der Waals surface area contributed by atoms with Gasteiger partial charge in [0.05, 0.1) is 5.69 Å². The summed E-state index contributed by atoms with van der Waals surface area (Å²) in [6.45, 7) is 10.6. The molecule has 0 unspecified atom stereocenters. The van der Waals surface area contributed by atoms with Crippen LogP contribution in [0.1, 0.15) is 40.3 Å². The van der Waals surface area contributed by atoms with Gasteiger partial charge in [-0.3, -0.25) is 4.98 Å². The van der Waals surface area contributed by atoms with Gasteiger partial charge in [-0.1, -0.05) is 34.6 Å². The molecule has 2 rings (SSSR count). The summed E-state index contributed by atoms with van der Waals surface area (Å²) in [4.78, 5) is 4.46. The third-order valence-electron chi connectivity index (χ3n) is 2.09. The lowest BCUT2D eigenvalue weighted by Gasteiger charge is -2.18. The van der Waals surface area contributed by atoms with E-state index >= 15 is 0 Å². The van der Waals surface area contributed by atoms with E-state index in [4.69, 9.17) is 0 Å². The van der Waals surface area contributed by atoms with E-state index in [0.29, 0.717) is 0 Å². The monoisotopic (exact) mass is 221 g/mol. The van der Waals surface area contributed by atoms with Crippen LogP contribution in [-0.2, 0) is 5.41 Å². The number of thiophene rings is 1. The Balaban J connectivity index is 0.000000531. The number of nitrogens with zero attached hydrogens (tertiary/aromatic N) is 1. The maximum atomic E-state index is 4.46. The summed E-state index contributed by atoms with van der Waals surface area (Å²) in [5.74, 6) is 0. The van der Waals surface area contributed by atoms with Crippen molar-refractivity contribution in [3.63, 3.8) is 0 Å². The average Bonchev–Trinajstić information content (AvgIpc) is 2.66. The number of rotatable bonds is 0. The molecule has 2 aromatic rings. The molecule has 15 heavy (non-hydrogen) atoms. The van der Waals surface area contributed by atoms with Crippen molar-refractivity contribution in [2.45, 2.75) is 40.0 Å². The Bertz CT molecular complexity index is 423. The van der Waals surface area contributed by atoms with Crippen molar-refractivity contribution in [3.05, 3.63) is 29.4 Å². The largest absolute Gasteiger partial charge is 0.260 e. The summed E-state index contributed by atoms with van der Waals surface area (Å²) in [6.07, 6.45) is 1.90. The standard InChI is InChI=1S/C11H13NS.C2H6/c1-11(2,3)10-8-5-7-13-9(8)4-6-12-10;1-2/h4-7H,1-3H3;1-2H3. The van der Waals surface area contributed by atoms with Gasteiger partial charge in [-0.05, 0) is 17.5 Å². The maximum Gasteiger partial charge on any atom is 0.0543 e. The summed E-state index contributed by atoms with van der Waals surface area (Å²) < 4.78 is 1.33. The predicted molar refractivity (Wildman–Crippen MR) is 69.7 cm³/mol. The van der Waals surface area contributed by atoms with Gasteiger partial charge in [0.25, 0.3) is 0 Å². The molecule has 2 aromatic heterocycles. The molecule has 82 valence electrons. The third-order valence-corrected chi connectivity index (χ3v) is 2.97. The van der Waals surface area contributed by atoms with E-state index in [0.717, 1.165) is 0 Å². The van der Waals surface area contributed by atoms with E-state index in [1.165, 1.54) is 15.8 Å². The van der Waals surface area contributed by atoms with Gasteiger partial charge in [-0.2, -0.15) is 0 Å². The van der Waals surface area contributed by atoms with E-state index in [-0.39, 0.29) is 5.41 Å². The molecule has 0 aliphatic rings. The van der Waals surface area contributed by atoms with Crippen LogP contribution in [0.5, 0.6) is 0 Å². The first-order chi connectivity index (χ1) is 7.09. The lowest BCUT2D eigenvalue weighted by molar-refractivity contribution is 0.575. The second kappa shape index (κ2) is 4.75. The van der Waals surface area contributed by atoms with Gasteiger partial charge in [0, 0.05) is 21.7 Å². The minimum Gasteiger partial charge on any atom is -0.260 e. The number of hydrogen-bond donors (Lipinski definition) is 0. The Hall–Kier alpha value is -0.890. The van der Waals surface area contributed by atoms with Crippen LogP contribution in [0.3, 0.4) is 0 Å². The Labute approximate surface area is 96.2 Å². The molecule has 0 aliphatic carbocycles. The van der Waals surface area contributed by atoms with Crippen LogP contribution >= 0.6 is 11.3 Å². The predicted octanol–water partition coefficient (Wildman–Crippen LogP) is 4.62. The Morgan fingerprint density at radius 2 is 1.80 bits per heavy atom. The third kappa shape index (κ3) is 2.57. The van der Waals surface area contributed by atoms with Gasteiger partial charge in [0.1, 0.15) is 0 Å². The van der Waals surface area contributed by atoms with Crippen LogP contribution in [0.2, 0.25) is 0 Å². The van der Waals surface area contributed by atoms with E-state index < -0.39 is 0 Å². The molecule has 0 N–H and O–H groups in total. The van der Waals surface area contributed by atoms with Crippen LogP contribution in [0, 0.1) is 0 Å². The van der Waals surface area contributed by atoms with Gasteiger partial charge < -0.3 is 0 Å². The fourth-order valence-corrected chi connectivity index (χ4v) is 2.27. The first kappa shape index (κ1) is 12.2. The smallest absolute Gasteiger partial charge is 0.0543 e. The SMILES string of the molecule is CC.CC(C)(C)c1nccc2sccc12. The summed E-state index contributed by atoms with van der Waals surface area (Å²) in [5.41, 5.74) is 1.34. The quantitative estimate of drug-likeness (QED) is 0.632. The maximum absolute atomic E-state index is 4.46. The van der Waals surface area contributed by atoms with Crippen LogP contribution < -0.4 is 0 Å². The van der Waals surface area contributed by atoms with Crippen molar-refractivity contribution in [3.8, 4) is 0 Å². The molecule has 1 nitrogen and oxygen atoms in total. The van der Waals surface area contributed by atoms with Crippen molar-refractivity contribution in [2.75, 3.05) is 0 Å². The first-order valence-corrected chi connectivity index (χ1v) is 6.30. The topological polar surface area (TPSA) is 12.9 Å². The second-order valence-corrected chi connectivity index (χ2v) is 5.19. The normalized spacial score (nSPS) is 11.0. The van der Waals surface area contributed by atoms with Crippen molar-refractivity contribution in [1.82, 2.24) is 4.98 Å². The summed E-state index contributed by atoms with van der Waals surface area (Å²) in [6, 6.07) is 4.24. The van der Waals surface area contributed by atoms with Gasteiger partial charge in [-0.25, -0.2) is 0 Å². The lowest BCUT2D eigenvalue weighted by Crippen LogP contribution is -2.13. The van der Waals surface area contributed by atoms with Crippen molar-refractivity contribution in [2.24, 2.45) is 0 Å². The molecule has 0 aromatic carbocycles. The zero-order valence-electron chi connectivity index (χ0n) is 10.2. The average molecular weight is 221 g/mol. The van der Waals surface area contributed by atoms with Crippen molar-refractivity contribution in [1.29, 1.82) is 0 Å². The lowest BCUT2D eigenvalue weighted by atomic mass is 9.90. The molecule has 0 aliphatic heterocycles. The van der Waals surface area contributed by atoms with Crippen LogP contribution in [0.15, 0.2) is 23.7 Å². The van der Waals surface area contributed by atoms with Crippen LogP contribution in [0.4, 0.5) is 0 Å². The summed E-state index contributed by atoms with van der Waals surface area (Å²) >= 11 is 1.78. The Morgan fingerprint density at radius 3 is 2.40 bits per heavy atom. The van der Waals surface area contributed by atoms with E-state index in [1.807, 2.05) is 20.0 Å². The highest BCUT2D eigenvalue weighted by atomic mass is 32.1. The molecular formula is C13H19NS. The highest BCUT2D eigenvalue weighted by Gasteiger charge is 2.18. The minimum atomic E-state index is 0.139. The zero-order chi connectivity index (χ0) is 11.5. The molecule has 0 saturated heterocycles. The molecule has 0 spiro atoms. The number of hydrogen-bond acceptors (Lipinski definition) is 2. The fraction of sp³-hybridized carbons (Fsp3) is 0.462. The number of pyridine rings is 1. The van der Waals surface area contributed by atoms with Crippen LogP contribution in [0.25, 0.3) is 10.1 Å². The number of fused-ring (bicyclic) bond motifs is 1. The summed E-state index contributed by atoms with van der Waals surface area (Å²) in [7, 11) is 0. The molecule has 0 bridgehead atoms. The Kier molecular flexibility index (Phi) is 3.86. The van der Waals surface area contributed by atoms with Crippen LogP contribution in [-0.4, -0.2) is 4.98 Å². The molecule has 0 amide bonds. The second-order valence-electron chi connectivity index (χ2n) is 4.24. The van der Waals surface area contributed by atoms with E-state index in [9.17, 15) is 0 Å². The molecule has 0 atom stereocenters. The first-order valence-electron chi connectivity index (χ1n) is 5.42. The van der Waals surface area contributed by atoms with E-state index in [2.05, 4.69) is 43.3 Å². The molecule has 0 fully saturated rings. The van der Waals surface area contributed by atoms with Gasteiger partial charge in [-0.15, -0.1) is 11.3 Å². The fourth-order valence-electron chi connectivity index (χ4n) is 1.49. The Morgan fingerprint density at radius 1 is 1.13 bits per heavy atom. The molecular weight excluding hydrogens is 202 g/mol. The van der Waals surface area contributed by atoms with Crippen molar-refractivity contribution >= 4 is 21.4 Å². The molecule has 0 saturated carbocycles. The number of aromatic nitrogens is 1. The van der Waals surface area contributed by atoms with E-state index in [1.54, 1.807) is 11.3 Å². The van der Waals surface area contributed by atoms with Crippen molar-refractivity contribution < 1.29 is 0 Å². The van der Waals surface area contributed by atoms with Gasteiger partial charge >= 0.3 is 0 Å². The molecule has 2 heteroatoms. The minimum absolute atomic E-state index is 0.139.